The molecule has 0 radical (unpaired) electrons. The van der Waals surface area contributed by atoms with Crippen LogP contribution in [0.5, 0.6) is 0 Å². The van der Waals surface area contributed by atoms with Crippen molar-refractivity contribution in [3.05, 3.63) is 72.6 Å². The van der Waals surface area contributed by atoms with Gasteiger partial charge in [-0.05, 0) is 78.5 Å². The molecule has 3 aliphatic rings. The summed E-state index contributed by atoms with van der Waals surface area (Å²) in [5.74, 6) is 1.26. The van der Waals surface area contributed by atoms with Crippen molar-refractivity contribution in [1.29, 1.82) is 0 Å². The first kappa shape index (κ1) is 38.8. The summed E-state index contributed by atoms with van der Waals surface area (Å²) in [5.41, 5.74) is 5.88. The van der Waals surface area contributed by atoms with Crippen LogP contribution in [0, 0.1) is 29.6 Å². The van der Waals surface area contributed by atoms with Gasteiger partial charge < -0.3 is 35.0 Å². The molecule has 13 heteroatoms. The third kappa shape index (κ3) is 7.55. The normalized spacial score (nSPS) is 22.4. The zero-order valence-electron chi connectivity index (χ0n) is 33.0. The number of likely N-dealkylation sites (tertiary alicyclic amines) is 1. The van der Waals surface area contributed by atoms with Crippen molar-refractivity contribution >= 4 is 23.9 Å². The molecule has 0 bridgehead atoms. The molecule has 2 aromatic heterocycles. The highest BCUT2D eigenvalue weighted by atomic mass is 16.5. The number of nitrogens with one attached hydrogen (secondary N) is 4. The van der Waals surface area contributed by atoms with Gasteiger partial charge in [0.2, 0.25) is 11.8 Å². The third-order valence-electron chi connectivity index (χ3n) is 12.0. The van der Waals surface area contributed by atoms with Gasteiger partial charge in [-0.3, -0.25) is 9.59 Å². The molecule has 13 nitrogen and oxygen atoms in total. The van der Waals surface area contributed by atoms with Gasteiger partial charge in [0.05, 0.1) is 49.5 Å². The smallest absolute Gasteiger partial charge is 0.407 e. The van der Waals surface area contributed by atoms with E-state index in [0.717, 1.165) is 71.0 Å². The number of hydrogen-bond donors (Lipinski definition) is 4. The van der Waals surface area contributed by atoms with Crippen LogP contribution in [0.2, 0.25) is 0 Å². The number of aromatic amines is 2. The van der Waals surface area contributed by atoms with Gasteiger partial charge in [-0.2, -0.15) is 0 Å². The molecule has 2 aliphatic carbocycles. The van der Waals surface area contributed by atoms with Gasteiger partial charge in [0.1, 0.15) is 23.7 Å². The molecule has 2 aromatic carbocycles. The summed E-state index contributed by atoms with van der Waals surface area (Å²) < 4.78 is 9.99. The summed E-state index contributed by atoms with van der Waals surface area (Å²) in [6.45, 7) is 10.3. The second kappa shape index (κ2) is 16.3. The molecular weight excluding hydrogens is 711 g/mol. The first-order chi connectivity index (χ1) is 27.0. The van der Waals surface area contributed by atoms with Crippen LogP contribution in [0.25, 0.3) is 33.6 Å². The van der Waals surface area contributed by atoms with Crippen molar-refractivity contribution in [3.63, 3.8) is 0 Å². The van der Waals surface area contributed by atoms with Gasteiger partial charge in [0.15, 0.2) is 0 Å². The van der Waals surface area contributed by atoms with Gasteiger partial charge in [0, 0.05) is 12.5 Å². The second-order valence-corrected chi connectivity index (χ2v) is 16.0. The Morgan fingerprint density at radius 3 is 1.86 bits per heavy atom. The van der Waals surface area contributed by atoms with Crippen LogP contribution in [-0.4, -0.2) is 81.1 Å². The van der Waals surface area contributed by atoms with E-state index in [0.29, 0.717) is 18.4 Å². The molecular formula is C43H53N7O6. The molecule has 0 spiro atoms. The number of H-pyrrole nitrogens is 2. The summed E-state index contributed by atoms with van der Waals surface area (Å²) in [6, 6.07) is 15.1. The Balaban J connectivity index is 0.995. The highest BCUT2D eigenvalue weighted by Crippen LogP contribution is 2.62. The number of carbonyl (C=O) groups excluding carboxylic acids is 4. The Morgan fingerprint density at radius 2 is 1.32 bits per heavy atom. The number of carbonyl (C=O) groups is 4. The van der Waals surface area contributed by atoms with E-state index in [1.165, 1.54) is 7.11 Å². The van der Waals surface area contributed by atoms with E-state index in [1.807, 2.05) is 38.8 Å². The van der Waals surface area contributed by atoms with E-state index in [9.17, 15) is 19.2 Å². The fourth-order valence-corrected chi connectivity index (χ4v) is 8.72. The topological polar surface area (TPSA) is 171 Å². The lowest BCUT2D eigenvalue weighted by Crippen LogP contribution is -2.60. The summed E-state index contributed by atoms with van der Waals surface area (Å²) in [5, 5.41) is 5.70. The molecule has 7 atom stereocenters. The first-order valence-electron chi connectivity index (χ1n) is 19.9. The number of fused-ring (bicyclic) bond motifs is 1. The van der Waals surface area contributed by atoms with Crippen molar-refractivity contribution < 1.29 is 28.7 Å². The number of methoxy groups -OCH3 is 1. The lowest BCUT2D eigenvalue weighted by molar-refractivity contribution is -0.154. The lowest BCUT2D eigenvalue weighted by Gasteiger charge is -2.57. The summed E-state index contributed by atoms with van der Waals surface area (Å²) >= 11 is 0. The van der Waals surface area contributed by atoms with Crippen LogP contribution in [0.1, 0.15) is 83.9 Å². The van der Waals surface area contributed by atoms with Crippen molar-refractivity contribution in [3.8, 4) is 33.6 Å². The molecule has 1 aliphatic heterocycles. The van der Waals surface area contributed by atoms with Crippen LogP contribution >= 0.6 is 0 Å². The molecule has 1 unspecified atom stereocenters. The Hall–Kier alpha value is -5.46. The molecule has 3 heterocycles. The van der Waals surface area contributed by atoms with Gasteiger partial charge in [-0.15, -0.1) is 0 Å². The minimum atomic E-state index is -0.685. The number of hydrogen-bond acceptors (Lipinski definition) is 8. The standard InChI is InChI=1S/C43H53N7O6/c1-7-56-42(53)37(24(4)5)48-40(51)35-30-19-18-29(30)34(35)39-45-22-32(47-39)28-16-12-26(13-17-28)25-10-14-27(15-11-25)31-21-44-38(46-31)33-9-8-20-50(33)41(52)36(23(2)3)49-43(54)55-6/h10-17,21-24,29-30,33-37H,7-9,18-20H2,1-6H3,(H,44,46)(H,45,47)(H,48,51)(H,49,54)/t29?,30-,33+,34-,35-,36+,37+/m1/s1. The van der Waals surface area contributed by atoms with Crippen LogP contribution < -0.4 is 10.6 Å². The summed E-state index contributed by atoms with van der Waals surface area (Å²) in [7, 11) is 1.29. The maximum Gasteiger partial charge on any atom is 0.407 e. The first-order valence-corrected chi connectivity index (χ1v) is 19.9. The molecule has 56 heavy (non-hydrogen) atoms. The number of benzene rings is 2. The molecule has 4 aromatic rings. The predicted molar refractivity (Wildman–Crippen MR) is 211 cm³/mol. The van der Waals surface area contributed by atoms with Gasteiger partial charge in [-0.25, -0.2) is 19.6 Å². The number of aromatic nitrogens is 4. The number of imidazole rings is 2. The number of amides is 3. The van der Waals surface area contributed by atoms with Crippen LogP contribution in [0.4, 0.5) is 4.79 Å². The third-order valence-corrected chi connectivity index (χ3v) is 12.0. The Kier molecular flexibility index (Phi) is 11.3. The Bertz CT molecular complexity index is 2040. The average molecular weight is 764 g/mol. The monoisotopic (exact) mass is 763 g/mol. The maximum atomic E-state index is 13.5. The largest absolute Gasteiger partial charge is 0.464 e. The molecule has 3 fully saturated rings. The van der Waals surface area contributed by atoms with E-state index < -0.39 is 18.2 Å². The van der Waals surface area contributed by atoms with Gasteiger partial charge in [-0.1, -0.05) is 76.2 Å². The zero-order chi connectivity index (χ0) is 39.7. The molecule has 4 N–H and O–H groups in total. The van der Waals surface area contributed by atoms with E-state index in [2.05, 4.69) is 74.1 Å². The highest BCUT2D eigenvalue weighted by molar-refractivity contribution is 5.88. The molecule has 7 rings (SSSR count). The summed E-state index contributed by atoms with van der Waals surface area (Å²) in [6.07, 6.45) is 6.76. The summed E-state index contributed by atoms with van der Waals surface area (Å²) in [4.78, 5) is 69.8. The molecule has 3 amide bonds. The number of nitrogens with zero attached hydrogens (tertiary/aromatic N) is 3. The van der Waals surface area contributed by atoms with E-state index >= 15 is 0 Å². The lowest BCUT2D eigenvalue weighted by atomic mass is 9.46. The predicted octanol–water partition coefficient (Wildman–Crippen LogP) is 6.62. The average Bonchev–Trinajstić information content (AvgIpc) is 3.98. The fraction of sp³-hybridized carbons (Fsp3) is 0.488. The van der Waals surface area contributed by atoms with Crippen LogP contribution in [-0.2, 0) is 23.9 Å². The number of alkyl carbamates (subject to hydrolysis) is 1. The van der Waals surface area contributed by atoms with Crippen LogP contribution in [0.15, 0.2) is 60.9 Å². The number of rotatable bonds is 13. The van der Waals surface area contributed by atoms with Gasteiger partial charge >= 0.3 is 12.1 Å². The van der Waals surface area contributed by atoms with E-state index in [1.54, 1.807) is 13.1 Å². The second-order valence-electron chi connectivity index (χ2n) is 16.0. The minimum Gasteiger partial charge on any atom is -0.464 e. The number of esters is 1. The highest BCUT2D eigenvalue weighted by Gasteiger charge is 2.60. The van der Waals surface area contributed by atoms with E-state index in [4.69, 9.17) is 14.5 Å². The number of ether oxygens (including phenoxy) is 2. The van der Waals surface area contributed by atoms with Gasteiger partial charge in [0.25, 0.3) is 0 Å². The van der Waals surface area contributed by atoms with Crippen molar-refractivity contribution in [1.82, 2.24) is 35.5 Å². The molecule has 2 saturated carbocycles. The SMILES string of the molecule is CCOC(=O)[C@@H](NC(=O)[C@@H]1[C@@H]2CCC2[C@H]1c1ncc(-c2ccc(-c3ccc(-c4cnc([C@@H]5CCCN5C(=O)[C@@H](NC(=O)OC)C(C)C)[nH]4)cc3)cc2)[nH]1)C(C)C. The maximum absolute atomic E-state index is 13.5. The van der Waals surface area contributed by atoms with Crippen molar-refractivity contribution in [2.75, 3.05) is 20.3 Å². The molecule has 1 saturated heterocycles. The Labute approximate surface area is 327 Å². The van der Waals surface area contributed by atoms with Crippen molar-refractivity contribution in [2.24, 2.45) is 29.6 Å². The minimum absolute atomic E-state index is 0.00611. The van der Waals surface area contributed by atoms with Crippen LogP contribution in [0.3, 0.4) is 0 Å². The Morgan fingerprint density at radius 1 is 0.768 bits per heavy atom. The zero-order valence-corrected chi connectivity index (χ0v) is 33.0. The van der Waals surface area contributed by atoms with E-state index in [-0.39, 0.29) is 54.1 Å². The fourth-order valence-electron chi connectivity index (χ4n) is 8.72. The quantitative estimate of drug-likeness (QED) is 0.110. The molecule has 296 valence electrons. The van der Waals surface area contributed by atoms with Crippen molar-refractivity contribution in [2.45, 2.75) is 84.3 Å².